The molecule has 0 aromatic heterocycles. The van der Waals surface area contributed by atoms with Crippen molar-refractivity contribution in [2.75, 3.05) is 13.2 Å². The van der Waals surface area contributed by atoms with Crippen molar-refractivity contribution in [1.29, 1.82) is 0 Å². The molecule has 0 bridgehead atoms. The minimum absolute atomic E-state index is 0.381. The number of phosphoric acid groups is 1. The molecule has 1 rings (SSSR count). The fraction of sp³-hybridized carbons (Fsp3) is 0.400. The molecule has 0 spiro atoms. The standard InChI is InChI=1S/C10H15O3P.H3O4P/c1-3-12-14(11,13-4-2)10-8-6-5-7-9-10;1-5(2,3)4/h5-9H,3-4H2,1-2H3;(H3,1,2,3,4). The Balaban J connectivity index is 0.000000555. The van der Waals surface area contributed by atoms with Crippen LogP contribution in [0.4, 0.5) is 0 Å². The van der Waals surface area contributed by atoms with Crippen molar-refractivity contribution in [2.24, 2.45) is 0 Å². The van der Waals surface area contributed by atoms with E-state index in [1.54, 1.807) is 26.0 Å². The molecule has 7 nitrogen and oxygen atoms in total. The first-order valence-electron chi connectivity index (χ1n) is 5.46. The molecule has 0 atom stereocenters. The fourth-order valence-electron chi connectivity index (χ4n) is 1.14. The highest BCUT2D eigenvalue weighted by Gasteiger charge is 2.25. The monoisotopic (exact) mass is 312 g/mol. The second-order valence-electron chi connectivity index (χ2n) is 3.18. The predicted octanol–water partition coefficient (Wildman–Crippen LogP) is 1.65. The second-order valence-corrected chi connectivity index (χ2v) is 6.24. The van der Waals surface area contributed by atoms with E-state index < -0.39 is 15.4 Å². The van der Waals surface area contributed by atoms with Crippen molar-refractivity contribution in [3.05, 3.63) is 30.3 Å². The quantitative estimate of drug-likeness (QED) is 0.708. The summed E-state index contributed by atoms with van der Waals surface area (Å²) in [6.07, 6.45) is 0. The van der Waals surface area contributed by atoms with Gasteiger partial charge in [0.15, 0.2) is 0 Å². The van der Waals surface area contributed by atoms with Gasteiger partial charge in [0, 0.05) is 0 Å². The molecule has 0 amide bonds. The summed E-state index contributed by atoms with van der Waals surface area (Å²) >= 11 is 0. The SMILES string of the molecule is CCOP(=O)(OCC)c1ccccc1.O=P(O)(O)O. The molecular formula is C10H18O7P2. The average molecular weight is 312 g/mol. The molecule has 0 aliphatic heterocycles. The summed E-state index contributed by atoms with van der Waals surface area (Å²) in [4.78, 5) is 21.6. The van der Waals surface area contributed by atoms with Gasteiger partial charge in [0.1, 0.15) is 0 Å². The van der Waals surface area contributed by atoms with Crippen LogP contribution in [0.1, 0.15) is 13.8 Å². The number of benzene rings is 1. The van der Waals surface area contributed by atoms with Gasteiger partial charge in [-0.25, -0.2) is 4.57 Å². The molecule has 0 radical (unpaired) electrons. The lowest BCUT2D eigenvalue weighted by Gasteiger charge is -2.16. The Labute approximate surface area is 112 Å². The number of rotatable bonds is 5. The maximum Gasteiger partial charge on any atom is 0.466 e. The van der Waals surface area contributed by atoms with Gasteiger partial charge in [0.25, 0.3) is 0 Å². The number of hydrogen-bond donors (Lipinski definition) is 3. The normalized spacial score (nSPS) is 11.6. The molecule has 19 heavy (non-hydrogen) atoms. The van der Waals surface area contributed by atoms with Crippen LogP contribution in [0.15, 0.2) is 30.3 Å². The van der Waals surface area contributed by atoms with Crippen LogP contribution in [0.3, 0.4) is 0 Å². The molecule has 0 aliphatic rings. The Morgan fingerprint density at radius 1 is 0.947 bits per heavy atom. The molecule has 0 heterocycles. The van der Waals surface area contributed by atoms with Crippen LogP contribution in [0.25, 0.3) is 0 Å². The summed E-state index contributed by atoms with van der Waals surface area (Å²) in [6.45, 7) is 4.36. The summed E-state index contributed by atoms with van der Waals surface area (Å²) in [5.41, 5.74) is 0. The van der Waals surface area contributed by atoms with Crippen LogP contribution in [0, 0.1) is 0 Å². The van der Waals surface area contributed by atoms with Crippen LogP contribution in [-0.4, -0.2) is 27.9 Å². The van der Waals surface area contributed by atoms with Crippen LogP contribution in [0.2, 0.25) is 0 Å². The molecule has 0 unspecified atom stereocenters. The van der Waals surface area contributed by atoms with E-state index in [-0.39, 0.29) is 0 Å². The molecule has 1 aromatic carbocycles. The Morgan fingerprint density at radius 3 is 1.63 bits per heavy atom. The highest BCUT2D eigenvalue weighted by atomic mass is 31.2. The van der Waals surface area contributed by atoms with Crippen molar-refractivity contribution in [1.82, 2.24) is 0 Å². The smallest absolute Gasteiger partial charge is 0.305 e. The minimum atomic E-state index is -4.64. The molecule has 9 heteroatoms. The van der Waals surface area contributed by atoms with Crippen LogP contribution in [0.5, 0.6) is 0 Å². The molecule has 1 aromatic rings. The minimum Gasteiger partial charge on any atom is -0.305 e. The Morgan fingerprint density at radius 2 is 1.32 bits per heavy atom. The first-order valence-corrected chi connectivity index (χ1v) is 8.56. The zero-order valence-corrected chi connectivity index (χ0v) is 12.5. The van der Waals surface area contributed by atoms with E-state index in [1.807, 2.05) is 18.2 Å². The summed E-state index contributed by atoms with van der Waals surface area (Å²) in [6, 6.07) is 9.02. The molecule has 0 fully saturated rings. The van der Waals surface area contributed by atoms with Crippen molar-refractivity contribution >= 4 is 20.7 Å². The third-order valence-corrected chi connectivity index (χ3v) is 3.80. The van der Waals surface area contributed by atoms with Crippen LogP contribution >= 0.6 is 15.4 Å². The molecule has 0 aliphatic carbocycles. The van der Waals surface area contributed by atoms with Gasteiger partial charge in [-0.2, -0.15) is 0 Å². The maximum absolute atomic E-state index is 12.2. The summed E-state index contributed by atoms with van der Waals surface area (Å²) in [7, 11) is -7.71. The summed E-state index contributed by atoms with van der Waals surface area (Å²) in [5, 5.41) is 0.615. The van der Waals surface area contributed by atoms with Gasteiger partial charge < -0.3 is 23.7 Å². The highest BCUT2D eigenvalue weighted by molar-refractivity contribution is 7.62. The molecular weight excluding hydrogens is 294 g/mol. The van der Waals surface area contributed by atoms with E-state index in [2.05, 4.69) is 0 Å². The third kappa shape index (κ3) is 9.08. The Bertz CT molecular complexity index is 424. The lowest BCUT2D eigenvalue weighted by Crippen LogP contribution is -2.09. The molecule has 110 valence electrons. The van der Waals surface area contributed by atoms with Gasteiger partial charge in [-0.05, 0) is 26.0 Å². The van der Waals surface area contributed by atoms with Crippen LogP contribution in [-0.2, 0) is 18.2 Å². The zero-order valence-electron chi connectivity index (χ0n) is 10.7. The van der Waals surface area contributed by atoms with Gasteiger partial charge in [0.05, 0.1) is 18.5 Å². The van der Waals surface area contributed by atoms with Crippen molar-refractivity contribution < 1.29 is 32.9 Å². The van der Waals surface area contributed by atoms with Gasteiger partial charge in [-0.3, -0.25) is 4.57 Å². The molecule has 0 saturated heterocycles. The van der Waals surface area contributed by atoms with Crippen molar-refractivity contribution in [3.8, 4) is 0 Å². The largest absolute Gasteiger partial charge is 0.466 e. The van der Waals surface area contributed by atoms with Gasteiger partial charge in [-0.1, -0.05) is 18.2 Å². The van der Waals surface area contributed by atoms with Gasteiger partial charge >= 0.3 is 15.4 Å². The molecule has 3 N–H and O–H groups in total. The summed E-state index contributed by atoms with van der Waals surface area (Å²) in [5.74, 6) is 0. The molecule has 0 saturated carbocycles. The fourth-order valence-corrected chi connectivity index (χ4v) is 2.73. The van der Waals surface area contributed by atoms with E-state index in [4.69, 9.17) is 28.3 Å². The maximum atomic E-state index is 12.2. The zero-order chi connectivity index (χ0) is 14.9. The lowest BCUT2D eigenvalue weighted by atomic mass is 10.4. The van der Waals surface area contributed by atoms with Crippen LogP contribution < -0.4 is 5.30 Å². The van der Waals surface area contributed by atoms with E-state index >= 15 is 0 Å². The van der Waals surface area contributed by atoms with Gasteiger partial charge in [-0.15, -0.1) is 0 Å². The van der Waals surface area contributed by atoms with E-state index in [9.17, 15) is 4.57 Å². The van der Waals surface area contributed by atoms with E-state index in [1.165, 1.54) is 0 Å². The Hall–Kier alpha value is -0.520. The first kappa shape index (κ1) is 18.5. The van der Waals surface area contributed by atoms with Gasteiger partial charge in [0.2, 0.25) is 0 Å². The van der Waals surface area contributed by atoms with Crippen molar-refractivity contribution in [3.63, 3.8) is 0 Å². The Kier molecular flexibility index (Phi) is 8.38. The van der Waals surface area contributed by atoms with E-state index in [0.717, 1.165) is 0 Å². The first-order chi connectivity index (χ1) is 8.73. The number of hydrogen-bond acceptors (Lipinski definition) is 4. The highest BCUT2D eigenvalue weighted by Crippen LogP contribution is 2.46. The second kappa shape index (κ2) is 8.61. The summed E-state index contributed by atoms with van der Waals surface area (Å²) < 4.78 is 31.4. The lowest BCUT2D eigenvalue weighted by molar-refractivity contribution is 0.230. The topological polar surface area (TPSA) is 113 Å². The van der Waals surface area contributed by atoms with Crippen molar-refractivity contribution in [2.45, 2.75) is 13.8 Å². The van der Waals surface area contributed by atoms with E-state index in [0.29, 0.717) is 18.5 Å². The third-order valence-electron chi connectivity index (χ3n) is 1.67. The predicted molar refractivity (Wildman–Crippen MR) is 71.2 cm³/mol. The average Bonchev–Trinajstić information content (AvgIpc) is 2.29.